The zero-order chi connectivity index (χ0) is 10.8. The second-order valence-corrected chi connectivity index (χ2v) is 4.25. The molecule has 3 rings (SSSR count). The summed E-state index contributed by atoms with van der Waals surface area (Å²) in [5, 5.41) is 3.59. The summed E-state index contributed by atoms with van der Waals surface area (Å²) < 4.78 is 0. The number of benzene rings is 2. The fourth-order valence-corrected chi connectivity index (χ4v) is 2.45. The Balaban J connectivity index is 0.00000108. The van der Waals surface area contributed by atoms with Crippen LogP contribution in [-0.2, 0) is 6.42 Å². The Bertz CT molecular complexity index is 481. The fraction of sp³-hybridized carbons (Fsp3) is 0.200. The minimum atomic E-state index is 0. The number of fused-ring (bicyclic) bond motifs is 1. The second kappa shape index (κ2) is 5.83. The molecule has 0 amide bonds. The normalized spacial score (nSPS) is 18.0. The van der Waals surface area contributed by atoms with E-state index in [1.165, 1.54) is 16.7 Å². The van der Waals surface area contributed by atoms with E-state index in [1.807, 2.05) is 0 Å². The minimum absolute atomic E-state index is 0. The molecular weight excluding hydrogens is 217 g/mol. The van der Waals surface area contributed by atoms with E-state index in [0.29, 0.717) is 6.04 Å². The summed E-state index contributed by atoms with van der Waals surface area (Å²) in [7, 11) is 0. The molecule has 0 bridgehead atoms. The van der Waals surface area contributed by atoms with Gasteiger partial charge in [0, 0.05) is 6.54 Å². The van der Waals surface area contributed by atoms with Crippen LogP contribution in [0.5, 0.6) is 0 Å². The minimum Gasteiger partial charge on any atom is -0.306 e. The zero-order valence-corrected chi connectivity index (χ0v) is 9.19. The Morgan fingerprint density at radius 3 is 2.41 bits per heavy atom. The van der Waals surface area contributed by atoms with Crippen LogP contribution < -0.4 is 5.32 Å². The van der Waals surface area contributed by atoms with Crippen LogP contribution in [0.15, 0.2) is 54.6 Å². The van der Waals surface area contributed by atoms with Crippen LogP contribution in [0.1, 0.15) is 22.7 Å². The SMILES string of the molecule is [NaH].c1ccc(C2NCCc3ccccc32)cc1. The van der Waals surface area contributed by atoms with Crippen molar-refractivity contribution in [2.24, 2.45) is 0 Å². The summed E-state index contributed by atoms with van der Waals surface area (Å²) in [6.45, 7) is 1.07. The Morgan fingerprint density at radius 2 is 1.59 bits per heavy atom. The van der Waals surface area contributed by atoms with Crippen LogP contribution in [0, 0.1) is 0 Å². The van der Waals surface area contributed by atoms with Gasteiger partial charge in [0.15, 0.2) is 0 Å². The molecule has 17 heavy (non-hydrogen) atoms. The monoisotopic (exact) mass is 233 g/mol. The number of nitrogens with one attached hydrogen (secondary N) is 1. The van der Waals surface area contributed by atoms with Gasteiger partial charge in [0.25, 0.3) is 0 Å². The molecule has 1 aliphatic heterocycles. The van der Waals surface area contributed by atoms with Gasteiger partial charge in [0.05, 0.1) is 6.04 Å². The van der Waals surface area contributed by atoms with Crippen LogP contribution in [-0.4, -0.2) is 36.1 Å². The van der Waals surface area contributed by atoms with Crippen molar-refractivity contribution in [1.82, 2.24) is 5.32 Å². The third-order valence-electron chi connectivity index (χ3n) is 3.24. The number of rotatable bonds is 1. The van der Waals surface area contributed by atoms with Crippen molar-refractivity contribution < 1.29 is 0 Å². The van der Waals surface area contributed by atoms with Crippen LogP contribution in [0.25, 0.3) is 0 Å². The van der Waals surface area contributed by atoms with Crippen molar-refractivity contribution in [3.05, 3.63) is 71.3 Å². The molecule has 1 unspecified atom stereocenters. The van der Waals surface area contributed by atoms with Crippen LogP contribution >= 0.6 is 0 Å². The van der Waals surface area contributed by atoms with Gasteiger partial charge in [-0.2, -0.15) is 0 Å². The quantitative estimate of drug-likeness (QED) is 0.745. The molecule has 0 aromatic heterocycles. The first-order valence-electron chi connectivity index (χ1n) is 5.81. The van der Waals surface area contributed by atoms with E-state index in [4.69, 9.17) is 0 Å². The van der Waals surface area contributed by atoms with Crippen LogP contribution in [0.2, 0.25) is 0 Å². The van der Waals surface area contributed by atoms with Crippen LogP contribution in [0.4, 0.5) is 0 Å². The average Bonchev–Trinajstić information content (AvgIpc) is 2.39. The van der Waals surface area contributed by atoms with Crippen molar-refractivity contribution in [2.75, 3.05) is 6.54 Å². The largest absolute Gasteiger partial charge is 0.306 e. The first kappa shape index (κ1) is 12.8. The van der Waals surface area contributed by atoms with Gasteiger partial charge in [-0.15, -0.1) is 0 Å². The van der Waals surface area contributed by atoms with E-state index in [0.717, 1.165) is 13.0 Å². The summed E-state index contributed by atoms with van der Waals surface area (Å²) in [6.07, 6.45) is 1.14. The van der Waals surface area contributed by atoms with Crippen molar-refractivity contribution >= 4 is 29.6 Å². The van der Waals surface area contributed by atoms with Gasteiger partial charge in [-0.1, -0.05) is 54.6 Å². The topological polar surface area (TPSA) is 12.0 Å². The van der Waals surface area contributed by atoms with Gasteiger partial charge in [-0.05, 0) is 23.1 Å². The standard InChI is InChI=1S/C15H15N.Na.H/c1-2-7-13(8-3-1)15-14-9-5-4-6-12(14)10-11-16-15;;/h1-9,15-16H,10-11H2;;. The molecule has 0 fully saturated rings. The van der Waals surface area contributed by atoms with Crippen LogP contribution in [0.3, 0.4) is 0 Å². The Labute approximate surface area is 125 Å². The predicted octanol–water partition coefficient (Wildman–Crippen LogP) is 2.27. The fourth-order valence-electron chi connectivity index (χ4n) is 2.45. The number of hydrogen-bond acceptors (Lipinski definition) is 1. The third-order valence-corrected chi connectivity index (χ3v) is 3.24. The van der Waals surface area contributed by atoms with Gasteiger partial charge in [-0.3, -0.25) is 0 Å². The molecule has 1 aliphatic rings. The van der Waals surface area contributed by atoms with Crippen molar-refractivity contribution in [3.8, 4) is 0 Å². The van der Waals surface area contributed by atoms with E-state index in [9.17, 15) is 0 Å². The molecule has 2 heteroatoms. The van der Waals surface area contributed by atoms with Gasteiger partial charge < -0.3 is 5.32 Å². The van der Waals surface area contributed by atoms with E-state index in [2.05, 4.69) is 59.9 Å². The molecule has 82 valence electrons. The zero-order valence-electron chi connectivity index (χ0n) is 9.19. The maximum Gasteiger partial charge on any atom is 0.0579 e. The molecule has 1 N–H and O–H groups in total. The molecule has 2 aromatic carbocycles. The van der Waals surface area contributed by atoms with E-state index >= 15 is 0 Å². The van der Waals surface area contributed by atoms with E-state index in [1.54, 1.807) is 0 Å². The molecule has 1 atom stereocenters. The summed E-state index contributed by atoms with van der Waals surface area (Å²) >= 11 is 0. The van der Waals surface area contributed by atoms with Gasteiger partial charge in [0.2, 0.25) is 0 Å². The molecule has 0 spiro atoms. The summed E-state index contributed by atoms with van der Waals surface area (Å²) in [5.74, 6) is 0. The molecule has 0 radical (unpaired) electrons. The predicted molar refractivity (Wildman–Crippen MR) is 73.6 cm³/mol. The molecule has 0 saturated heterocycles. The van der Waals surface area contributed by atoms with Crippen molar-refractivity contribution in [2.45, 2.75) is 12.5 Å². The molecule has 0 saturated carbocycles. The van der Waals surface area contributed by atoms with Crippen molar-refractivity contribution in [3.63, 3.8) is 0 Å². The Morgan fingerprint density at radius 1 is 0.882 bits per heavy atom. The van der Waals surface area contributed by atoms with Gasteiger partial charge in [-0.25, -0.2) is 0 Å². The summed E-state index contributed by atoms with van der Waals surface area (Å²) in [5.41, 5.74) is 4.27. The van der Waals surface area contributed by atoms with Gasteiger partial charge >= 0.3 is 29.6 Å². The Hall–Kier alpha value is -0.600. The molecule has 0 aliphatic carbocycles. The summed E-state index contributed by atoms with van der Waals surface area (Å²) in [6, 6.07) is 19.8. The second-order valence-electron chi connectivity index (χ2n) is 4.25. The number of hydrogen-bond donors (Lipinski definition) is 1. The van der Waals surface area contributed by atoms with E-state index in [-0.39, 0.29) is 29.6 Å². The smallest absolute Gasteiger partial charge is 0.0579 e. The third kappa shape index (κ3) is 2.63. The average molecular weight is 233 g/mol. The molecule has 2 aromatic rings. The first-order valence-corrected chi connectivity index (χ1v) is 5.81. The molecular formula is C15H16NNa. The first-order chi connectivity index (χ1) is 7.95. The maximum atomic E-state index is 3.59. The Kier molecular flexibility index (Phi) is 4.41. The molecule has 1 heterocycles. The maximum absolute atomic E-state index is 3.59. The van der Waals surface area contributed by atoms with Crippen molar-refractivity contribution in [1.29, 1.82) is 0 Å². The van der Waals surface area contributed by atoms with Gasteiger partial charge in [0.1, 0.15) is 0 Å². The molecule has 1 nitrogen and oxygen atoms in total. The van der Waals surface area contributed by atoms with E-state index < -0.39 is 0 Å². The summed E-state index contributed by atoms with van der Waals surface area (Å²) in [4.78, 5) is 0.